The largest absolute Gasteiger partial charge is 0.173 e. The van der Waals surface area contributed by atoms with Crippen LogP contribution >= 0.6 is 11.7 Å². The fourth-order valence-electron chi connectivity index (χ4n) is 3.13. The number of hydrogen-bond donors (Lipinski definition) is 0. The predicted molar refractivity (Wildman–Crippen MR) is 100 cm³/mol. The third-order valence-electron chi connectivity index (χ3n) is 4.43. The average Bonchev–Trinajstić information content (AvgIpc) is 3.22. The van der Waals surface area contributed by atoms with Crippen molar-refractivity contribution in [3.8, 4) is 0 Å². The van der Waals surface area contributed by atoms with Gasteiger partial charge in [-0.15, -0.1) is 0 Å². The number of rotatable bonds is 9. The zero-order valence-corrected chi connectivity index (χ0v) is 15.6. The van der Waals surface area contributed by atoms with E-state index in [0.717, 1.165) is 41.7 Å². The van der Waals surface area contributed by atoms with Crippen molar-refractivity contribution in [3.05, 3.63) is 11.1 Å². The van der Waals surface area contributed by atoms with Crippen LogP contribution in [0.25, 0.3) is 11.0 Å². The zero-order valence-electron chi connectivity index (χ0n) is 14.0. The normalized spacial score (nSPS) is 12.8. The summed E-state index contributed by atoms with van der Waals surface area (Å²) in [5, 5.41) is 0. The minimum Gasteiger partial charge on any atom is -0.173 e. The van der Waals surface area contributed by atoms with Gasteiger partial charge in [-0.2, -0.15) is 17.5 Å². The van der Waals surface area contributed by atoms with E-state index in [1.807, 2.05) is 0 Å². The van der Waals surface area contributed by atoms with Gasteiger partial charge in [-0.05, 0) is 25.7 Å². The smallest absolute Gasteiger partial charge is 0.110 e. The molecule has 6 heteroatoms. The number of hydrogen-bond acceptors (Lipinski definition) is 5. The molecule has 2 aromatic rings. The van der Waals surface area contributed by atoms with Gasteiger partial charge < -0.3 is 0 Å². The lowest BCUT2D eigenvalue weighted by molar-refractivity contribution is 0.633. The van der Waals surface area contributed by atoms with Crippen LogP contribution in [0.2, 0.25) is 0 Å². The van der Waals surface area contributed by atoms with Gasteiger partial charge in [0.2, 0.25) is 0 Å². The Hall–Kier alpha value is -1.14. The Kier molecular flexibility index (Phi) is 5.89. The van der Waals surface area contributed by atoms with Crippen molar-refractivity contribution >= 4 is 45.5 Å². The monoisotopic (exact) mass is 348 g/mol. The van der Waals surface area contributed by atoms with Crippen molar-refractivity contribution in [1.82, 2.24) is 8.75 Å². The highest BCUT2D eigenvalue weighted by molar-refractivity contribution is 7.58. The molecule has 4 nitrogen and oxygen atoms in total. The highest BCUT2D eigenvalue weighted by Crippen LogP contribution is 2.44. The molecule has 2 heterocycles. The summed E-state index contributed by atoms with van der Waals surface area (Å²) in [6, 6.07) is 0. The Bertz CT molecular complexity index is 745. The van der Waals surface area contributed by atoms with Crippen molar-refractivity contribution in [2.75, 3.05) is 0 Å². The number of aromatic nitrogens is 2. The lowest BCUT2D eigenvalue weighted by Gasteiger charge is -2.11. The molecule has 124 valence electrons. The topological polar surface area (TPSA) is 50.5 Å². The van der Waals surface area contributed by atoms with Crippen LogP contribution in [0.3, 0.4) is 0 Å². The van der Waals surface area contributed by atoms with E-state index in [2.05, 4.69) is 31.3 Å². The van der Waals surface area contributed by atoms with Crippen molar-refractivity contribution in [1.29, 1.82) is 0 Å². The fourth-order valence-corrected chi connectivity index (χ4v) is 4.32. The van der Waals surface area contributed by atoms with Crippen molar-refractivity contribution in [3.63, 3.8) is 0 Å². The maximum Gasteiger partial charge on any atom is 0.110 e. The molecule has 0 saturated heterocycles. The third-order valence-corrected chi connectivity index (χ3v) is 5.49. The minimum atomic E-state index is 1.02. The molecule has 0 unspecified atom stereocenters. The maximum atomic E-state index is 4.60. The molecule has 0 atom stereocenters. The van der Waals surface area contributed by atoms with Gasteiger partial charge in [-0.25, -0.2) is 0 Å². The molecule has 0 aliphatic carbocycles. The summed E-state index contributed by atoms with van der Waals surface area (Å²) >= 11 is 2.65. The second kappa shape index (κ2) is 8.11. The van der Waals surface area contributed by atoms with E-state index in [-0.39, 0.29) is 0 Å². The molecular formula is C17H24N4S2. The third kappa shape index (κ3) is 3.53. The van der Waals surface area contributed by atoms with Crippen LogP contribution < -0.4 is 0 Å². The number of benzene rings is 1. The second-order valence-corrected chi connectivity index (χ2v) is 7.20. The highest BCUT2D eigenvalue weighted by atomic mass is 32.1. The molecule has 1 aromatic heterocycles. The van der Waals surface area contributed by atoms with Crippen LogP contribution in [0.1, 0.15) is 69.9 Å². The molecular weight excluding hydrogens is 324 g/mol. The van der Waals surface area contributed by atoms with Gasteiger partial charge in [0.15, 0.2) is 0 Å². The van der Waals surface area contributed by atoms with Crippen LogP contribution in [0.5, 0.6) is 0 Å². The lowest BCUT2D eigenvalue weighted by Crippen LogP contribution is -1.95. The summed E-state index contributed by atoms with van der Waals surface area (Å²) < 4.78 is 18.4. The summed E-state index contributed by atoms with van der Waals surface area (Å²) in [5.74, 6) is 0. The molecule has 0 bridgehead atoms. The van der Waals surface area contributed by atoms with E-state index in [1.54, 1.807) is 0 Å². The van der Waals surface area contributed by atoms with E-state index in [9.17, 15) is 0 Å². The molecule has 0 amide bonds. The Labute approximate surface area is 145 Å². The summed E-state index contributed by atoms with van der Waals surface area (Å²) in [4.78, 5) is 0. The van der Waals surface area contributed by atoms with Crippen LogP contribution in [0, 0.1) is 0 Å². The van der Waals surface area contributed by atoms with Gasteiger partial charge in [0.25, 0.3) is 0 Å². The number of aryl methyl sites for hydroxylation is 2. The van der Waals surface area contributed by atoms with Crippen molar-refractivity contribution in [2.45, 2.75) is 71.6 Å². The Morgan fingerprint density at radius 1 is 0.696 bits per heavy atom. The summed E-state index contributed by atoms with van der Waals surface area (Å²) in [7, 11) is 0. The molecule has 1 aliphatic heterocycles. The summed E-state index contributed by atoms with van der Waals surface area (Å²) in [5.41, 5.74) is 6.84. The Morgan fingerprint density at radius 2 is 1.26 bits per heavy atom. The molecule has 3 rings (SSSR count). The fraction of sp³-hybridized carbons (Fsp3) is 0.647. The first-order valence-electron chi connectivity index (χ1n) is 8.75. The summed E-state index contributed by atoms with van der Waals surface area (Å²) in [6.45, 7) is 4.47. The molecule has 23 heavy (non-hydrogen) atoms. The molecule has 0 saturated carbocycles. The van der Waals surface area contributed by atoms with Crippen LogP contribution in [-0.4, -0.2) is 8.75 Å². The van der Waals surface area contributed by atoms with Gasteiger partial charge in [-0.3, -0.25) is 0 Å². The Morgan fingerprint density at radius 3 is 1.87 bits per heavy atom. The SMILES string of the molecule is CCCCCCCc1c2c(c(CCCC)c3nsnc13)N=S=N2. The molecule has 0 fully saturated rings. The molecule has 0 spiro atoms. The van der Waals surface area contributed by atoms with Crippen molar-refractivity contribution < 1.29 is 0 Å². The standard InChI is InChI=1S/C17H24N4S2/c1-3-5-7-8-9-11-13-16-14(18-22-20-16)12(10-6-4-2)15-17(13)21-23-19-15/h3-11H2,1-2H3. The predicted octanol–water partition coefficient (Wildman–Crippen LogP) is 6.27. The maximum absolute atomic E-state index is 4.60. The molecule has 1 aliphatic rings. The number of unbranched alkanes of at least 4 members (excludes halogenated alkanes) is 5. The first-order valence-corrected chi connectivity index (χ1v) is 10.2. The zero-order chi connectivity index (χ0) is 16.1. The summed E-state index contributed by atoms with van der Waals surface area (Å²) in [6.07, 6.45) is 10.8. The first kappa shape index (κ1) is 16.7. The quantitative estimate of drug-likeness (QED) is 0.428. The van der Waals surface area contributed by atoms with E-state index >= 15 is 0 Å². The lowest BCUT2D eigenvalue weighted by atomic mass is 9.96. The number of fused-ring (bicyclic) bond motifs is 2. The highest BCUT2D eigenvalue weighted by Gasteiger charge is 2.23. The van der Waals surface area contributed by atoms with Gasteiger partial charge >= 0.3 is 0 Å². The van der Waals surface area contributed by atoms with E-state index in [4.69, 9.17) is 0 Å². The Balaban J connectivity index is 1.90. The second-order valence-electron chi connectivity index (χ2n) is 6.15. The molecule has 0 radical (unpaired) electrons. The van der Waals surface area contributed by atoms with Crippen LogP contribution in [-0.2, 0) is 24.2 Å². The van der Waals surface area contributed by atoms with Gasteiger partial charge in [0, 0.05) is 11.1 Å². The number of nitrogens with zero attached hydrogens (tertiary/aromatic N) is 4. The molecule has 1 aromatic carbocycles. The van der Waals surface area contributed by atoms with E-state index in [0.29, 0.717) is 0 Å². The first-order chi connectivity index (χ1) is 11.4. The van der Waals surface area contributed by atoms with Gasteiger partial charge in [0.05, 0.1) is 23.1 Å². The van der Waals surface area contributed by atoms with Crippen LogP contribution in [0.15, 0.2) is 8.73 Å². The minimum absolute atomic E-state index is 1.02. The molecule has 0 N–H and O–H groups in total. The van der Waals surface area contributed by atoms with E-state index in [1.165, 1.54) is 72.7 Å². The van der Waals surface area contributed by atoms with Crippen molar-refractivity contribution in [2.24, 2.45) is 8.73 Å². The van der Waals surface area contributed by atoms with E-state index < -0.39 is 0 Å². The van der Waals surface area contributed by atoms with Gasteiger partial charge in [0.1, 0.15) is 22.4 Å². The van der Waals surface area contributed by atoms with Crippen LogP contribution in [0.4, 0.5) is 11.4 Å². The average molecular weight is 349 g/mol. The van der Waals surface area contributed by atoms with Gasteiger partial charge in [-0.1, -0.05) is 46.0 Å².